The first-order valence-electron chi connectivity index (χ1n) is 56.8. The standard InChI is InChI=1S/C20H42O.C18H35NO.C16H35N.C16H34O.C13H29N.C12H27N.C10H23N.C8H19N/c1-2-3-4-5-6-7-8-9-10-11-12-13-14-15-16-17-18-19-20-21;1-2-3-4-5-6-7-8-9-10-11-12-13-14-15-16-17-18(19)20;2*1-2-3-4-5-6-7-8-9-10-11-12-13-14-15-16-17;1-2-3-4-5-6-7-8-9-10-11-12-13-14;1-2-3-4-5-6-7-8-9-10-11-12-13;1-2-3-4-5-6-7-8-9-10-11;1-2-3-4-5-6-7-8-9/h21H,2-20H2,1H3;9-10H,2-8,11-17H2,1H3,(H2,19,20);2-17H2,1H3;17H,2-16H2,1H3;2-14H2,1H3;2-13H2,1H3;2-11H2,1H3;2-9H2,1H3. The maximum absolute atomic E-state index is 10.5. The largest absolute Gasteiger partial charge is 0.396 e. The van der Waals surface area contributed by atoms with Gasteiger partial charge in [0.25, 0.3) is 0 Å². The molecule has 0 aliphatic rings. The van der Waals surface area contributed by atoms with Gasteiger partial charge in [-0.1, -0.05) is 594 Å². The highest BCUT2D eigenvalue weighted by Gasteiger charge is 2.01. The molecule has 1 amide bonds. The van der Waals surface area contributed by atoms with Gasteiger partial charge >= 0.3 is 0 Å². The van der Waals surface area contributed by atoms with Gasteiger partial charge in [-0.3, -0.25) is 4.79 Å². The van der Waals surface area contributed by atoms with Crippen LogP contribution in [0.4, 0.5) is 0 Å². The molecule has 14 N–H and O–H groups in total. The summed E-state index contributed by atoms with van der Waals surface area (Å²) >= 11 is 0. The van der Waals surface area contributed by atoms with Crippen LogP contribution in [-0.4, -0.2) is 62.1 Å². The number of primary amides is 1. The maximum atomic E-state index is 10.5. The van der Waals surface area contributed by atoms with E-state index in [1.54, 1.807) is 0 Å². The van der Waals surface area contributed by atoms with Gasteiger partial charge in [-0.15, -0.1) is 0 Å². The van der Waals surface area contributed by atoms with E-state index in [9.17, 15) is 4.79 Å². The van der Waals surface area contributed by atoms with Gasteiger partial charge in [0.2, 0.25) is 5.91 Å². The van der Waals surface area contributed by atoms with Crippen LogP contribution < -0.4 is 34.4 Å². The number of carbonyl (C=O) groups is 1. The zero-order chi connectivity index (χ0) is 91.1. The van der Waals surface area contributed by atoms with Crippen molar-refractivity contribution < 1.29 is 15.0 Å². The molecule has 0 atom stereocenters. The Morgan fingerprint density at radius 3 is 0.385 bits per heavy atom. The fourth-order valence-corrected chi connectivity index (χ4v) is 15.7. The number of amides is 1. The van der Waals surface area contributed by atoms with Crippen molar-refractivity contribution in [1.29, 1.82) is 0 Å². The lowest BCUT2D eigenvalue weighted by Gasteiger charge is -2.03. The van der Waals surface area contributed by atoms with E-state index in [-0.39, 0.29) is 5.91 Å². The Labute approximate surface area is 774 Å². The Balaban J connectivity index is -0.000000205. The normalized spacial score (nSPS) is 10.8. The molecule has 9 heteroatoms. The van der Waals surface area contributed by atoms with Crippen molar-refractivity contribution in [2.75, 3.05) is 45.9 Å². The van der Waals surface area contributed by atoms with Gasteiger partial charge < -0.3 is 44.6 Å². The molecule has 0 bridgehead atoms. The first kappa shape index (κ1) is 136. The lowest BCUT2D eigenvalue weighted by Crippen LogP contribution is -2.09. The van der Waals surface area contributed by atoms with Gasteiger partial charge in [-0.25, -0.2) is 0 Å². The number of unbranched alkanes of at least 4 members (excludes halogenated alkanes) is 85. The van der Waals surface area contributed by atoms with E-state index >= 15 is 0 Å². The second-order valence-electron chi connectivity index (χ2n) is 37.4. The summed E-state index contributed by atoms with van der Waals surface area (Å²) in [5.41, 5.74) is 32.2. The van der Waals surface area contributed by atoms with E-state index in [1.807, 2.05) is 0 Å². The first-order chi connectivity index (χ1) is 60.2. The topological polar surface area (TPSA) is 214 Å². The van der Waals surface area contributed by atoms with Gasteiger partial charge in [-0.2, -0.15) is 0 Å². The third-order valence-electron chi connectivity index (χ3n) is 24.2. The predicted molar refractivity (Wildman–Crippen MR) is 562 cm³/mol. The molecule has 0 aliphatic heterocycles. The molecule has 9 nitrogen and oxygen atoms in total. The summed E-state index contributed by atoms with van der Waals surface area (Å²) in [6.07, 6.45) is 135. The molecule has 122 heavy (non-hydrogen) atoms. The number of hydrogen-bond donors (Lipinski definition) is 8. The Morgan fingerprint density at radius 1 is 0.164 bits per heavy atom. The molecule has 0 aromatic carbocycles. The van der Waals surface area contributed by atoms with E-state index in [4.69, 9.17) is 44.6 Å². The molecule has 0 fully saturated rings. The van der Waals surface area contributed by atoms with Crippen LogP contribution in [0.5, 0.6) is 0 Å². The van der Waals surface area contributed by atoms with E-state index in [1.165, 1.54) is 578 Å². The molecule has 0 radical (unpaired) electrons. The summed E-state index contributed by atoms with van der Waals surface area (Å²) in [5.74, 6) is -0.164. The van der Waals surface area contributed by atoms with Crippen molar-refractivity contribution in [3.8, 4) is 0 Å². The Morgan fingerprint density at radius 2 is 0.270 bits per heavy atom. The minimum Gasteiger partial charge on any atom is -0.396 e. The fourth-order valence-electron chi connectivity index (χ4n) is 15.7. The summed E-state index contributed by atoms with van der Waals surface area (Å²) in [5, 5.41) is 17.3. The van der Waals surface area contributed by atoms with Crippen molar-refractivity contribution in [1.82, 2.24) is 0 Å². The molecule has 0 saturated carbocycles. The monoisotopic (exact) mass is 1730 g/mol. The SMILES string of the molecule is CCCCCCCCC=CCCCCCCCC(N)=O.CCCCCCCCCCCCCCCCCCCCO.CCCCCCCCCCCCCCCCN.CCCCCCCCCCCCCCCCO.CCCCCCCCCCCCCN.CCCCCCCCCCCCN.CCCCCCCCCCN.CCCCCCCCN. The summed E-state index contributed by atoms with van der Waals surface area (Å²) in [7, 11) is 0. The van der Waals surface area contributed by atoms with E-state index in [0.717, 1.165) is 58.4 Å². The van der Waals surface area contributed by atoms with Crippen molar-refractivity contribution >= 4 is 5.91 Å². The van der Waals surface area contributed by atoms with Crippen LogP contribution in [0.25, 0.3) is 0 Å². The van der Waals surface area contributed by atoms with Crippen LogP contribution in [0, 0.1) is 0 Å². The third kappa shape index (κ3) is 176. The predicted octanol–water partition coefficient (Wildman–Crippen LogP) is 36.9. The Hall–Kier alpha value is -1.07. The third-order valence-corrected chi connectivity index (χ3v) is 24.2. The minimum atomic E-state index is -0.164. The number of aliphatic hydroxyl groups is 2. The first-order valence-corrected chi connectivity index (χ1v) is 56.8. The lowest BCUT2D eigenvalue weighted by atomic mass is 10.0. The molecular weight excluding hydrogens is 1490 g/mol. The lowest BCUT2D eigenvalue weighted by molar-refractivity contribution is -0.118. The van der Waals surface area contributed by atoms with Crippen LogP contribution in [0.1, 0.15) is 665 Å². The molecule has 744 valence electrons. The highest BCUT2D eigenvalue weighted by atomic mass is 16.3. The summed E-state index contributed by atoms with van der Waals surface area (Å²) in [6, 6.07) is 0. The van der Waals surface area contributed by atoms with E-state index in [2.05, 4.69) is 67.5 Å². The fraction of sp³-hybridized carbons (Fsp3) is 0.973. The second-order valence-corrected chi connectivity index (χ2v) is 37.4. The number of allylic oxidation sites excluding steroid dienone is 2. The van der Waals surface area contributed by atoms with E-state index < -0.39 is 0 Å². The van der Waals surface area contributed by atoms with Crippen LogP contribution in [0.15, 0.2) is 12.2 Å². The number of carbonyl (C=O) groups excluding carboxylic acids is 1. The van der Waals surface area contributed by atoms with Gasteiger partial charge in [-0.05, 0) is 110 Å². The number of rotatable bonds is 96. The molecule has 0 saturated heterocycles. The van der Waals surface area contributed by atoms with Crippen molar-refractivity contribution in [3.63, 3.8) is 0 Å². The Kier molecular flexibility index (Phi) is 169. The van der Waals surface area contributed by atoms with Gasteiger partial charge in [0.15, 0.2) is 0 Å². The number of aliphatic hydroxyl groups excluding tert-OH is 2. The molecular formula is C113H244N6O3. The summed E-state index contributed by atoms with van der Waals surface area (Å²) in [6.45, 7) is 23.3. The van der Waals surface area contributed by atoms with Gasteiger partial charge in [0.05, 0.1) is 0 Å². The number of nitrogens with two attached hydrogens (primary N) is 6. The zero-order valence-electron chi connectivity index (χ0n) is 86.5. The molecule has 0 unspecified atom stereocenters. The zero-order valence-corrected chi connectivity index (χ0v) is 86.5. The minimum absolute atomic E-state index is 0.164. The van der Waals surface area contributed by atoms with Crippen LogP contribution in [-0.2, 0) is 4.79 Å². The van der Waals surface area contributed by atoms with Crippen LogP contribution >= 0.6 is 0 Å². The van der Waals surface area contributed by atoms with Crippen LogP contribution in [0.3, 0.4) is 0 Å². The molecule has 0 heterocycles. The van der Waals surface area contributed by atoms with Crippen molar-refractivity contribution in [2.24, 2.45) is 34.4 Å². The van der Waals surface area contributed by atoms with Crippen molar-refractivity contribution in [2.45, 2.75) is 665 Å². The highest BCUT2D eigenvalue weighted by molar-refractivity contribution is 5.73. The number of hydrogen-bond acceptors (Lipinski definition) is 8. The second kappa shape index (κ2) is 151. The molecule has 0 aliphatic carbocycles. The molecule has 0 spiro atoms. The molecule has 0 rings (SSSR count). The smallest absolute Gasteiger partial charge is 0.217 e. The maximum Gasteiger partial charge on any atom is 0.217 e. The molecule has 0 aromatic rings. The van der Waals surface area contributed by atoms with Crippen molar-refractivity contribution in [3.05, 3.63) is 12.2 Å². The average Bonchev–Trinajstić information content (AvgIpc) is 1.26. The van der Waals surface area contributed by atoms with Gasteiger partial charge in [0, 0.05) is 19.6 Å². The molecule has 0 aromatic heterocycles. The highest BCUT2D eigenvalue weighted by Crippen LogP contribution is 2.20. The summed E-state index contributed by atoms with van der Waals surface area (Å²) < 4.78 is 0. The quantitative estimate of drug-likeness (QED) is 0.0216. The summed E-state index contributed by atoms with van der Waals surface area (Å²) in [4.78, 5) is 10.5. The van der Waals surface area contributed by atoms with Crippen LogP contribution in [0.2, 0.25) is 0 Å². The van der Waals surface area contributed by atoms with E-state index in [0.29, 0.717) is 19.6 Å². The van der Waals surface area contributed by atoms with Gasteiger partial charge in [0.1, 0.15) is 0 Å². The average molecular weight is 1740 g/mol. The Bertz CT molecular complexity index is 1480.